The van der Waals surface area contributed by atoms with Crippen LogP contribution >= 0.6 is 11.3 Å². The number of nitrogens with zero attached hydrogens (tertiary/aromatic N) is 2. The van der Waals surface area contributed by atoms with Gasteiger partial charge in [-0.25, -0.2) is 4.98 Å². The molecule has 1 N–H and O–H groups in total. The highest BCUT2D eigenvalue weighted by Gasteiger charge is 2.22. The van der Waals surface area contributed by atoms with Crippen LogP contribution in [0.15, 0.2) is 4.79 Å². The van der Waals surface area contributed by atoms with Crippen molar-refractivity contribution >= 4 is 27.5 Å². The molecule has 0 unspecified atom stereocenters. The number of carbonyl (C=O) groups excluding carboxylic acids is 1. The standard InChI is InChI=1S/C16H21N3O2S/c1-9-12-15(17-10(2)19(3)16(12)21)22-13(9)14(20)18-11-7-5-4-6-8-11/h11H,4-8H2,1-3H3,(H,18,20). The van der Waals surface area contributed by atoms with E-state index in [1.165, 1.54) is 35.2 Å². The number of carbonyl (C=O) groups is 1. The number of thiophene rings is 1. The second kappa shape index (κ2) is 5.83. The van der Waals surface area contributed by atoms with Gasteiger partial charge in [0, 0.05) is 13.1 Å². The quantitative estimate of drug-likeness (QED) is 0.925. The number of hydrogen-bond donors (Lipinski definition) is 1. The minimum atomic E-state index is -0.0760. The molecule has 0 aromatic carbocycles. The molecule has 0 radical (unpaired) electrons. The van der Waals surface area contributed by atoms with Crippen molar-refractivity contribution in [3.05, 3.63) is 26.6 Å². The van der Waals surface area contributed by atoms with E-state index in [0.29, 0.717) is 20.9 Å². The van der Waals surface area contributed by atoms with E-state index in [1.54, 1.807) is 14.0 Å². The lowest BCUT2D eigenvalue weighted by molar-refractivity contribution is 0.0931. The fourth-order valence-electron chi connectivity index (χ4n) is 3.08. The molecule has 0 atom stereocenters. The summed E-state index contributed by atoms with van der Waals surface area (Å²) in [6, 6.07) is 0.267. The Morgan fingerprint density at radius 2 is 1.95 bits per heavy atom. The average molecular weight is 319 g/mol. The Kier molecular flexibility index (Phi) is 4.04. The lowest BCUT2D eigenvalue weighted by Gasteiger charge is -2.22. The number of aromatic nitrogens is 2. The normalized spacial score (nSPS) is 16.1. The fraction of sp³-hybridized carbons (Fsp3) is 0.562. The summed E-state index contributed by atoms with van der Waals surface area (Å²) in [5, 5.41) is 3.70. The molecule has 22 heavy (non-hydrogen) atoms. The van der Waals surface area contributed by atoms with Crippen LogP contribution in [0.3, 0.4) is 0 Å². The predicted molar refractivity (Wildman–Crippen MR) is 88.7 cm³/mol. The lowest BCUT2D eigenvalue weighted by atomic mass is 9.95. The Balaban J connectivity index is 1.97. The highest BCUT2D eigenvalue weighted by molar-refractivity contribution is 7.20. The number of fused-ring (bicyclic) bond motifs is 1. The van der Waals surface area contributed by atoms with Gasteiger partial charge in [-0.1, -0.05) is 19.3 Å². The fourth-order valence-corrected chi connectivity index (χ4v) is 4.20. The summed E-state index contributed by atoms with van der Waals surface area (Å²) in [5.41, 5.74) is 0.675. The molecule has 0 bridgehead atoms. The van der Waals surface area contributed by atoms with Crippen LogP contribution in [0.2, 0.25) is 0 Å². The van der Waals surface area contributed by atoms with Crippen LogP contribution in [-0.4, -0.2) is 21.5 Å². The van der Waals surface area contributed by atoms with Crippen LogP contribution in [0.25, 0.3) is 10.2 Å². The molecule has 0 aliphatic heterocycles. The van der Waals surface area contributed by atoms with E-state index < -0.39 is 0 Å². The molecule has 2 aromatic rings. The Morgan fingerprint density at radius 3 is 2.64 bits per heavy atom. The van der Waals surface area contributed by atoms with E-state index in [9.17, 15) is 9.59 Å². The van der Waals surface area contributed by atoms with Gasteiger partial charge in [0.25, 0.3) is 11.5 Å². The van der Waals surface area contributed by atoms with Gasteiger partial charge in [0.15, 0.2) is 0 Å². The van der Waals surface area contributed by atoms with E-state index in [4.69, 9.17) is 0 Å². The van der Waals surface area contributed by atoms with Gasteiger partial charge >= 0.3 is 0 Å². The monoisotopic (exact) mass is 319 g/mol. The number of nitrogens with one attached hydrogen (secondary N) is 1. The third-order valence-corrected chi connectivity index (χ3v) is 5.73. The summed E-state index contributed by atoms with van der Waals surface area (Å²) in [6.45, 7) is 3.64. The van der Waals surface area contributed by atoms with Gasteiger partial charge in [0.05, 0.1) is 10.3 Å². The summed E-state index contributed by atoms with van der Waals surface area (Å²) in [6.07, 6.45) is 5.71. The van der Waals surface area contributed by atoms with E-state index >= 15 is 0 Å². The van der Waals surface area contributed by atoms with Crippen molar-refractivity contribution in [2.24, 2.45) is 7.05 Å². The summed E-state index contributed by atoms with van der Waals surface area (Å²) in [5.74, 6) is 0.602. The summed E-state index contributed by atoms with van der Waals surface area (Å²) < 4.78 is 1.53. The Labute approximate surface area is 133 Å². The Bertz CT molecular complexity index is 785. The highest BCUT2D eigenvalue weighted by atomic mass is 32.1. The minimum Gasteiger partial charge on any atom is -0.349 e. The topological polar surface area (TPSA) is 64.0 Å². The number of rotatable bonds is 2. The Hall–Kier alpha value is -1.69. The minimum absolute atomic E-state index is 0.0629. The van der Waals surface area contributed by atoms with Crippen molar-refractivity contribution < 1.29 is 4.79 Å². The second-order valence-corrected chi connectivity index (χ2v) is 7.07. The van der Waals surface area contributed by atoms with E-state index in [2.05, 4.69) is 10.3 Å². The third-order valence-electron chi connectivity index (χ3n) is 4.54. The van der Waals surface area contributed by atoms with Gasteiger partial charge in [-0.2, -0.15) is 0 Å². The maximum Gasteiger partial charge on any atom is 0.262 e. The first-order chi connectivity index (χ1) is 10.5. The molecule has 2 heterocycles. The molecule has 1 saturated carbocycles. The lowest BCUT2D eigenvalue weighted by Crippen LogP contribution is -2.36. The van der Waals surface area contributed by atoms with Crippen LogP contribution < -0.4 is 10.9 Å². The van der Waals surface area contributed by atoms with Crippen LogP contribution in [-0.2, 0) is 7.05 Å². The van der Waals surface area contributed by atoms with Gasteiger partial charge < -0.3 is 5.32 Å². The van der Waals surface area contributed by atoms with E-state index in [1.807, 2.05) is 6.92 Å². The maximum atomic E-state index is 12.5. The van der Waals surface area contributed by atoms with Crippen molar-refractivity contribution in [2.75, 3.05) is 0 Å². The molecule has 118 valence electrons. The third kappa shape index (κ3) is 2.56. The number of hydrogen-bond acceptors (Lipinski definition) is 4. The molecule has 6 heteroatoms. The predicted octanol–water partition coefficient (Wildman–Crippen LogP) is 2.67. The maximum absolute atomic E-state index is 12.5. The van der Waals surface area contributed by atoms with Crippen molar-refractivity contribution in [3.63, 3.8) is 0 Å². The molecule has 1 aliphatic rings. The molecular weight excluding hydrogens is 298 g/mol. The zero-order valence-corrected chi connectivity index (χ0v) is 14.0. The van der Waals surface area contributed by atoms with Crippen LogP contribution in [0.5, 0.6) is 0 Å². The van der Waals surface area contributed by atoms with Gasteiger partial charge in [0.1, 0.15) is 10.7 Å². The van der Waals surface area contributed by atoms with Gasteiger partial charge in [0.2, 0.25) is 0 Å². The number of aryl methyl sites for hydroxylation is 2. The van der Waals surface area contributed by atoms with Crippen molar-refractivity contribution in [1.29, 1.82) is 0 Å². The molecule has 1 aliphatic carbocycles. The molecule has 5 nitrogen and oxygen atoms in total. The molecular formula is C16H21N3O2S. The smallest absolute Gasteiger partial charge is 0.262 e. The molecule has 1 fully saturated rings. The van der Waals surface area contributed by atoms with E-state index in [0.717, 1.165) is 18.4 Å². The first kappa shape index (κ1) is 15.2. The summed E-state index contributed by atoms with van der Waals surface area (Å²) >= 11 is 1.32. The van der Waals surface area contributed by atoms with E-state index in [-0.39, 0.29) is 17.5 Å². The zero-order chi connectivity index (χ0) is 15.9. The molecule has 0 saturated heterocycles. The highest BCUT2D eigenvalue weighted by Crippen LogP contribution is 2.28. The van der Waals surface area contributed by atoms with Crippen LogP contribution in [0.1, 0.15) is 53.2 Å². The summed E-state index contributed by atoms with van der Waals surface area (Å²) in [4.78, 5) is 30.7. The summed E-state index contributed by atoms with van der Waals surface area (Å²) in [7, 11) is 1.71. The molecule has 1 amide bonds. The first-order valence-electron chi connectivity index (χ1n) is 7.76. The van der Waals surface area contributed by atoms with Crippen molar-refractivity contribution in [1.82, 2.24) is 14.9 Å². The van der Waals surface area contributed by atoms with Gasteiger partial charge in [-0.05, 0) is 32.3 Å². The SMILES string of the molecule is Cc1c(C(=O)NC2CCCCC2)sc2nc(C)n(C)c(=O)c12. The molecule has 0 spiro atoms. The van der Waals surface area contributed by atoms with Crippen LogP contribution in [0, 0.1) is 13.8 Å². The zero-order valence-electron chi connectivity index (χ0n) is 13.2. The largest absolute Gasteiger partial charge is 0.349 e. The van der Waals surface area contributed by atoms with Gasteiger partial charge in [-0.3, -0.25) is 14.2 Å². The number of amides is 1. The molecule has 3 rings (SSSR count). The van der Waals surface area contributed by atoms with Crippen molar-refractivity contribution in [3.8, 4) is 0 Å². The first-order valence-corrected chi connectivity index (χ1v) is 8.58. The molecule has 2 aromatic heterocycles. The van der Waals surface area contributed by atoms with Crippen molar-refractivity contribution in [2.45, 2.75) is 52.0 Å². The van der Waals surface area contributed by atoms with Crippen LogP contribution in [0.4, 0.5) is 0 Å². The second-order valence-electron chi connectivity index (χ2n) is 6.07. The Morgan fingerprint density at radius 1 is 1.27 bits per heavy atom. The van der Waals surface area contributed by atoms with Gasteiger partial charge in [-0.15, -0.1) is 11.3 Å². The average Bonchev–Trinajstić information content (AvgIpc) is 2.83.